The van der Waals surface area contributed by atoms with E-state index in [-0.39, 0.29) is 5.91 Å². The first-order chi connectivity index (χ1) is 9.57. The molecule has 1 fully saturated rings. The Balaban J connectivity index is 1.74. The van der Waals surface area contributed by atoms with Crippen LogP contribution in [0.1, 0.15) is 32.6 Å². The number of carbonyl (C=O) groups excluding carboxylic acids is 1. The molecule has 0 aromatic heterocycles. The zero-order chi connectivity index (χ0) is 14.4. The Morgan fingerprint density at radius 2 is 2.05 bits per heavy atom. The summed E-state index contributed by atoms with van der Waals surface area (Å²) in [5.74, 6) is 0.901. The maximum atomic E-state index is 12.1. The summed E-state index contributed by atoms with van der Waals surface area (Å²) in [6.07, 6.45) is 2.66. The first-order valence-electron chi connectivity index (χ1n) is 7.25. The van der Waals surface area contributed by atoms with Gasteiger partial charge in [0.15, 0.2) is 0 Å². The average molecular weight is 277 g/mol. The number of ether oxygens (including phenoxy) is 1. The van der Waals surface area contributed by atoms with Gasteiger partial charge < -0.3 is 14.7 Å². The van der Waals surface area contributed by atoms with Crippen LogP contribution in [0.15, 0.2) is 30.3 Å². The van der Waals surface area contributed by atoms with Crippen LogP contribution >= 0.6 is 0 Å². The number of aliphatic hydroxyl groups is 1. The number of amides is 1. The second-order valence-corrected chi connectivity index (χ2v) is 5.64. The van der Waals surface area contributed by atoms with Crippen LogP contribution in [-0.4, -0.2) is 41.2 Å². The topological polar surface area (TPSA) is 49.8 Å². The lowest BCUT2D eigenvalue weighted by Crippen LogP contribution is -2.34. The van der Waals surface area contributed by atoms with Gasteiger partial charge in [0.05, 0.1) is 18.6 Å². The molecule has 1 aliphatic rings. The molecule has 0 spiro atoms. The normalized spacial score (nSPS) is 23.2. The number of hydrogen-bond donors (Lipinski definition) is 1. The van der Waals surface area contributed by atoms with E-state index < -0.39 is 5.60 Å². The molecule has 1 aromatic carbocycles. The number of carbonyl (C=O) groups is 1. The molecule has 4 nitrogen and oxygen atoms in total. The van der Waals surface area contributed by atoms with E-state index in [1.165, 1.54) is 0 Å². The minimum absolute atomic E-state index is 0.110. The third-order valence-corrected chi connectivity index (χ3v) is 3.74. The minimum Gasteiger partial charge on any atom is -0.493 e. The van der Waals surface area contributed by atoms with Crippen molar-refractivity contribution in [2.24, 2.45) is 0 Å². The van der Waals surface area contributed by atoms with Crippen LogP contribution in [0.5, 0.6) is 5.75 Å². The van der Waals surface area contributed by atoms with Crippen LogP contribution in [0.3, 0.4) is 0 Å². The van der Waals surface area contributed by atoms with Gasteiger partial charge in [-0.2, -0.15) is 0 Å². The van der Waals surface area contributed by atoms with Crippen LogP contribution in [0.25, 0.3) is 0 Å². The Bertz CT molecular complexity index is 431. The first-order valence-corrected chi connectivity index (χ1v) is 7.25. The lowest BCUT2D eigenvalue weighted by Gasteiger charge is -2.22. The van der Waals surface area contributed by atoms with Crippen molar-refractivity contribution < 1.29 is 14.6 Å². The van der Waals surface area contributed by atoms with E-state index in [1.54, 1.807) is 0 Å². The second kappa shape index (κ2) is 6.75. The molecule has 110 valence electrons. The van der Waals surface area contributed by atoms with Gasteiger partial charge in [-0.15, -0.1) is 0 Å². The molecule has 1 N–H and O–H groups in total. The third-order valence-electron chi connectivity index (χ3n) is 3.74. The van der Waals surface area contributed by atoms with Crippen molar-refractivity contribution in [3.05, 3.63) is 30.3 Å². The summed E-state index contributed by atoms with van der Waals surface area (Å²) in [5, 5.41) is 10.0. The van der Waals surface area contributed by atoms with Crippen molar-refractivity contribution in [1.82, 2.24) is 4.90 Å². The molecule has 1 aromatic rings. The Morgan fingerprint density at radius 1 is 1.30 bits per heavy atom. The van der Waals surface area contributed by atoms with Crippen molar-refractivity contribution in [1.29, 1.82) is 0 Å². The van der Waals surface area contributed by atoms with Crippen LogP contribution < -0.4 is 4.74 Å². The van der Waals surface area contributed by atoms with E-state index in [1.807, 2.05) is 42.2 Å². The molecule has 1 amide bonds. The third kappa shape index (κ3) is 4.53. The maximum absolute atomic E-state index is 12.1. The largest absolute Gasteiger partial charge is 0.493 e. The molecular weight excluding hydrogens is 254 g/mol. The van der Waals surface area contributed by atoms with E-state index in [0.29, 0.717) is 26.0 Å². The number of hydrogen-bond acceptors (Lipinski definition) is 3. The Morgan fingerprint density at radius 3 is 2.80 bits per heavy atom. The summed E-state index contributed by atoms with van der Waals surface area (Å²) in [4.78, 5) is 14.0. The monoisotopic (exact) mass is 277 g/mol. The Hall–Kier alpha value is -1.55. The smallest absolute Gasteiger partial charge is 0.225 e. The molecular formula is C16H23NO3. The molecule has 1 heterocycles. The van der Waals surface area contributed by atoms with E-state index in [0.717, 1.165) is 25.1 Å². The first kappa shape index (κ1) is 14.9. The molecule has 0 radical (unpaired) electrons. The summed E-state index contributed by atoms with van der Waals surface area (Å²) in [6, 6.07) is 9.52. The maximum Gasteiger partial charge on any atom is 0.225 e. The fraction of sp³-hybridized carbons (Fsp3) is 0.562. The molecule has 2 rings (SSSR count). The van der Waals surface area contributed by atoms with Crippen LogP contribution in [0.4, 0.5) is 0 Å². The molecule has 20 heavy (non-hydrogen) atoms. The highest BCUT2D eigenvalue weighted by Gasteiger charge is 2.26. The summed E-state index contributed by atoms with van der Waals surface area (Å²) >= 11 is 0. The highest BCUT2D eigenvalue weighted by molar-refractivity contribution is 5.76. The van der Waals surface area contributed by atoms with Crippen molar-refractivity contribution >= 4 is 5.91 Å². The number of para-hydroxylation sites is 1. The van der Waals surface area contributed by atoms with Gasteiger partial charge in [0.25, 0.3) is 0 Å². The summed E-state index contributed by atoms with van der Waals surface area (Å²) in [6.45, 7) is 3.62. The Kier molecular flexibility index (Phi) is 5.01. The van der Waals surface area contributed by atoms with Crippen molar-refractivity contribution in [2.45, 2.75) is 38.2 Å². The molecule has 1 atom stereocenters. The fourth-order valence-electron chi connectivity index (χ4n) is 2.44. The SMILES string of the molecule is CC1(O)CCCN(C(=O)CCOc2ccccc2)CC1. The van der Waals surface area contributed by atoms with E-state index in [9.17, 15) is 9.90 Å². The van der Waals surface area contributed by atoms with Crippen LogP contribution in [0.2, 0.25) is 0 Å². The summed E-state index contributed by atoms with van der Waals surface area (Å²) in [5.41, 5.74) is -0.629. The van der Waals surface area contributed by atoms with Gasteiger partial charge >= 0.3 is 0 Å². The van der Waals surface area contributed by atoms with Crippen LogP contribution in [0, 0.1) is 0 Å². The number of benzene rings is 1. The summed E-state index contributed by atoms with van der Waals surface area (Å²) in [7, 11) is 0. The lowest BCUT2D eigenvalue weighted by atomic mass is 9.98. The molecule has 4 heteroatoms. The summed E-state index contributed by atoms with van der Waals surface area (Å²) < 4.78 is 5.54. The van der Waals surface area contributed by atoms with Gasteiger partial charge in [0.1, 0.15) is 5.75 Å². The number of nitrogens with zero attached hydrogens (tertiary/aromatic N) is 1. The quantitative estimate of drug-likeness (QED) is 0.918. The molecule has 0 aliphatic carbocycles. The van der Waals surface area contributed by atoms with Gasteiger partial charge in [-0.1, -0.05) is 18.2 Å². The molecule has 0 bridgehead atoms. The number of likely N-dealkylation sites (tertiary alicyclic amines) is 1. The van der Waals surface area contributed by atoms with Gasteiger partial charge in [-0.05, 0) is 38.3 Å². The highest BCUT2D eigenvalue weighted by atomic mass is 16.5. The zero-order valence-electron chi connectivity index (χ0n) is 12.0. The van der Waals surface area contributed by atoms with Gasteiger partial charge in [-0.25, -0.2) is 0 Å². The fourth-order valence-corrected chi connectivity index (χ4v) is 2.44. The van der Waals surface area contributed by atoms with Crippen LogP contribution in [-0.2, 0) is 4.79 Å². The van der Waals surface area contributed by atoms with Crippen molar-refractivity contribution in [3.8, 4) is 5.75 Å². The number of rotatable bonds is 4. The molecule has 1 saturated heterocycles. The Labute approximate surface area is 120 Å². The molecule has 1 unspecified atom stereocenters. The standard InChI is InChI=1S/C16H23NO3/c1-16(19)9-5-11-17(12-10-16)15(18)8-13-20-14-6-3-2-4-7-14/h2-4,6-7,19H,5,8-13H2,1H3. The molecule has 0 saturated carbocycles. The van der Waals surface area contributed by atoms with E-state index >= 15 is 0 Å². The lowest BCUT2D eigenvalue weighted by molar-refractivity contribution is -0.131. The predicted molar refractivity (Wildman–Crippen MR) is 77.6 cm³/mol. The van der Waals surface area contributed by atoms with E-state index in [2.05, 4.69) is 0 Å². The van der Waals surface area contributed by atoms with Crippen molar-refractivity contribution in [3.63, 3.8) is 0 Å². The minimum atomic E-state index is -0.629. The zero-order valence-corrected chi connectivity index (χ0v) is 12.0. The van der Waals surface area contributed by atoms with Gasteiger partial charge in [0, 0.05) is 13.1 Å². The van der Waals surface area contributed by atoms with Gasteiger partial charge in [-0.3, -0.25) is 4.79 Å². The average Bonchev–Trinajstić information content (AvgIpc) is 2.61. The second-order valence-electron chi connectivity index (χ2n) is 5.64. The molecule has 1 aliphatic heterocycles. The highest BCUT2D eigenvalue weighted by Crippen LogP contribution is 2.21. The van der Waals surface area contributed by atoms with Gasteiger partial charge in [0.2, 0.25) is 5.91 Å². The van der Waals surface area contributed by atoms with E-state index in [4.69, 9.17) is 4.74 Å². The predicted octanol–water partition coefficient (Wildman–Crippen LogP) is 2.22. The van der Waals surface area contributed by atoms with Crippen molar-refractivity contribution in [2.75, 3.05) is 19.7 Å².